The van der Waals surface area contributed by atoms with Crippen LogP contribution in [0.2, 0.25) is 0 Å². The molecule has 1 amide bonds. The van der Waals surface area contributed by atoms with E-state index in [9.17, 15) is 14.3 Å². The van der Waals surface area contributed by atoms with Gasteiger partial charge in [-0.3, -0.25) is 4.79 Å². The first-order valence-corrected chi connectivity index (χ1v) is 7.05. The Morgan fingerprint density at radius 1 is 1.45 bits per heavy atom. The number of halogens is 1. The Balaban J connectivity index is 1.83. The smallest absolute Gasteiger partial charge is 0.255 e. The van der Waals surface area contributed by atoms with Crippen molar-refractivity contribution in [1.82, 2.24) is 10.2 Å². The molecule has 1 aliphatic heterocycles. The van der Waals surface area contributed by atoms with Crippen LogP contribution >= 0.6 is 0 Å². The Morgan fingerprint density at radius 2 is 2.15 bits per heavy atom. The number of phenolic OH excluding ortho intramolecular Hbond substituents is 1. The first-order valence-electron chi connectivity index (χ1n) is 7.05. The molecule has 5 heteroatoms. The van der Waals surface area contributed by atoms with E-state index in [1.807, 2.05) is 0 Å². The minimum atomic E-state index is -0.530. The third-order valence-corrected chi connectivity index (χ3v) is 3.58. The lowest BCUT2D eigenvalue weighted by Gasteiger charge is -2.20. The van der Waals surface area contributed by atoms with Crippen LogP contribution in [0.1, 0.15) is 30.1 Å². The molecule has 1 saturated heterocycles. The Morgan fingerprint density at radius 3 is 2.85 bits per heavy atom. The largest absolute Gasteiger partial charge is 0.507 e. The Bertz CT molecular complexity index is 473. The lowest BCUT2D eigenvalue weighted by molar-refractivity contribution is 0.0942. The molecule has 1 aliphatic rings. The van der Waals surface area contributed by atoms with Crippen LogP contribution in [0.3, 0.4) is 0 Å². The van der Waals surface area contributed by atoms with Gasteiger partial charge in [-0.15, -0.1) is 0 Å². The van der Waals surface area contributed by atoms with Gasteiger partial charge in [-0.2, -0.15) is 0 Å². The summed E-state index contributed by atoms with van der Waals surface area (Å²) in [6, 6.07) is 3.37. The average molecular weight is 280 g/mol. The predicted molar refractivity (Wildman–Crippen MR) is 75.2 cm³/mol. The number of nitrogens with zero attached hydrogens (tertiary/aromatic N) is 1. The zero-order valence-corrected chi connectivity index (χ0v) is 11.7. The maximum absolute atomic E-state index is 13.1. The van der Waals surface area contributed by atoms with Crippen LogP contribution in [-0.2, 0) is 0 Å². The van der Waals surface area contributed by atoms with E-state index < -0.39 is 11.7 Å². The van der Waals surface area contributed by atoms with E-state index in [0.717, 1.165) is 31.8 Å². The summed E-state index contributed by atoms with van der Waals surface area (Å²) in [6.07, 6.45) is 2.49. The summed E-state index contributed by atoms with van der Waals surface area (Å²) in [6.45, 7) is 5.80. The maximum Gasteiger partial charge on any atom is 0.255 e. The minimum absolute atomic E-state index is 0.0154. The summed E-state index contributed by atoms with van der Waals surface area (Å²) >= 11 is 0. The SMILES string of the molecule is CC(CNC(=O)c1cc(F)ccc1O)CN1CCCC1. The number of hydrogen-bond acceptors (Lipinski definition) is 3. The molecule has 0 aliphatic carbocycles. The molecule has 0 aromatic heterocycles. The first-order chi connectivity index (χ1) is 9.56. The molecule has 1 aromatic carbocycles. The number of benzene rings is 1. The number of hydrogen-bond donors (Lipinski definition) is 2. The molecule has 1 atom stereocenters. The van der Waals surface area contributed by atoms with Crippen molar-refractivity contribution < 1.29 is 14.3 Å². The molecule has 110 valence electrons. The molecule has 2 N–H and O–H groups in total. The van der Waals surface area contributed by atoms with Crippen molar-refractivity contribution in [3.05, 3.63) is 29.6 Å². The molecule has 0 bridgehead atoms. The summed E-state index contributed by atoms with van der Waals surface area (Å²) in [5, 5.41) is 12.3. The van der Waals surface area contributed by atoms with Gasteiger partial charge in [0.2, 0.25) is 0 Å². The molecule has 0 saturated carbocycles. The summed E-state index contributed by atoms with van der Waals surface area (Å²) in [4.78, 5) is 14.3. The Labute approximate surface area is 118 Å². The molecule has 20 heavy (non-hydrogen) atoms. The molecule has 1 heterocycles. The third-order valence-electron chi connectivity index (χ3n) is 3.58. The number of nitrogens with one attached hydrogen (secondary N) is 1. The zero-order valence-electron chi connectivity index (χ0n) is 11.7. The topological polar surface area (TPSA) is 52.6 Å². The van der Waals surface area contributed by atoms with Gasteiger partial charge in [0.1, 0.15) is 11.6 Å². The lowest BCUT2D eigenvalue weighted by atomic mass is 10.1. The van der Waals surface area contributed by atoms with Crippen molar-refractivity contribution in [1.29, 1.82) is 0 Å². The van der Waals surface area contributed by atoms with E-state index in [-0.39, 0.29) is 11.3 Å². The monoisotopic (exact) mass is 280 g/mol. The fourth-order valence-electron chi connectivity index (χ4n) is 2.52. The second-order valence-corrected chi connectivity index (χ2v) is 5.48. The Hall–Kier alpha value is -1.62. The summed E-state index contributed by atoms with van der Waals surface area (Å²) in [5.74, 6) is -0.836. The van der Waals surface area contributed by atoms with Crippen molar-refractivity contribution in [2.45, 2.75) is 19.8 Å². The second-order valence-electron chi connectivity index (χ2n) is 5.48. The van der Waals surface area contributed by atoms with Crippen molar-refractivity contribution >= 4 is 5.91 Å². The third kappa shape index (κ3) is 3.93. The van der Waals surface area contributed by atoms with Crippen LogP contribution in [0, 0.1) is 11.7 Å². The fraction of sp³-hybridized carbons (Fsp3) is 0.533. The number of likely N-dealkylation sites (tertiary alicyclic amines) is 1. The highest BCUT2D eigenvalue weighted by Gasteiger charge is 2.16. The quantitative estimate of drug-likeness (QED) is 0.867. The van der Waals surface area contributed by atoms with Crippen LogP contribution in [0.15, 0.2) is 18.2 Å². The molecule has 4 nitrogen and oxygen atoms in total. The van der Waals surface area contributed by atoms with Gasteiger partial charge in [0, 0.05) is 13.1 Å². The highest BCUT2D eigenvalue weighted by Crippen LogP contribution is 2.17. The van der Waals surface area contributed by atoms with Crippen molar-refractivity contribution in [2.75, 3.05) is 26.2 Å². The Kier molecular flexibility index (Phi) is 4.95. The fourth-order valence-corrected chi connectivity index (χ4v) is 2.52. The van der Waals surface area contributed by atoms with Gasteiger partial charge in [-0.25, -0.2) is 4.39 Å². The summed E-state index contributed by atoms with van der Waals surface area (Å²) in [5.41, 5.74) is -0.0154. The molecule has 0 radical (unpaired) electrons. The highest BCUT2D eigenvalue weighted by atomic mass is 19.1. The van der Waals surface area contributed by atoms with Crippen LogP contribution in [0.5, 0.6) is 5.75 Å². The number of carbonyl (C=O) groups excluding carboxylic acids is 1. The molecule has 1 fully saturated rings. The number of aromatic hydroxyl groups is 1. The van der Waals surface area contributed by atoms with Gasteiger partial charge in [0.25, 0.3) is 5.91 Å². The molecule has 1 unspecified atom stereocenters. The molecule has 2 rings (SSSR count). The van der Waals surface area contributed by atoms with E-state index >= 15 is 0 Å². The highest BCUT2D eigenvalue weighted by molar-refractivity contribution is 5.96. The maximum atomic E-state index is 13.1. The van der Waals surface area contributed by atoms with Gasteiger partial charge in [0.15, 0.2) is 0 Å². The van der Waals surface area contributed by atoms with E-state index in [0.29, 0.717) is 12.5 Å². The normalized spacial score (nSPS) is 17.1. The van der Waals surface area contributed by atoms with Crippen LogP contribution in [0.25, 0.3) is 0 Å². The van der Waals surface area contributed by atoms with E-state index in [1.165, 1.54) is 18.9 Å². The van der Waals surface area contributed by atoms with E-state index in [1.54, 1.807) is 0 Å². The van der Waals surface area contributed by atoms with Crippen LogP contribution in [-0.4, -0.2) is 42.1 Å². The molecule has 0 spiro atoms. The first kappa shape index (κ1) is 14.8. The molecular weight excluding hydrogens is 259 g/mol. The van der Waals surface area contributed by atoms with Crippen molar-refractivity contribution in [2.24, 2.45) is 5.92 Å². The number of amides is 1. The van der Waals surface area contributed by atoms with Crippen molar-refractivity contribution in [3.63, 3.8) is 0 Å². The van der Waals surface area contributed by atoms with Gasteiger partial charge in [0.05, 0.1) is 5.56 Å². The second kappa shape index (κ2) is 6.70. The van der Waals surface area contributed by atoms with Gasteiger partial charge in [-0.1, -0.05) is 6.92 Å². The van der Waals surface area contributed by atoms with Gasteiger partial charge in [-0.05, 0) is 50.0 Å². The van der Waals surface area contributed by atoms with Crippen LogP contribution in [0.4, 0.5) is 4.39 Å². The lowest BCUT2D eigenvalue weighted by Crippen LogP contribution is -2.34. The average Bonchev–Trinajstić information content (AvgIpc) is 2.91. The minimum Gasteiger partial charge on any atom is -0.507 e. The number of rotatable bonds is 5. The van der Waals surface area contributed by atoms with Crippen LogP contribution < -0.4 is 5.32 Å². The van der Waals surface area contributed by atoms with Gasteiger partial charge >= 0.3 is 0 Å². The van der Waals surface area contributed by atoms with Crippen molar-refractivity contribution in [3.8, 4) is 5.75 Å². The number of carbonyl (C=O) groups is 1. The van der Waals surface area contributed by atoms with E-state index in [2.05, 4.69) is 17.1 Å². The predicted octanol–water partition coefficient (Wildman–Crippen LogP) is 1.99. The summed E-state index contributed by atoms with van der Waals surface area (Å²) < 4.78 is 13.1. The summed E-state index contributed by atoms with van der Waals surface area (Å²) in [7, 11) is 0. The molecular formula is C15H21FN2O2. The van der Waals surface area contributed by atoms with Gasteiger partial charge < -0.3 is 15.3 Å². The zero-order chi connectivity index (χ0) is 14.5. The standard InChI is InChI=1S/C15H21FN2O2/c1-11(10-18-6-2-3-7-18)9-17-15(20)13-8-12(16)4-5-14(13)19/h4-5,8,11,19H,2-3,6-7,9-10H2,1H3,(H,17,20). The number of phenols is 1. The van der Waals surface area contributed by atoms with E-state index in [4.69, 9.17) is 0 Å². The molecule has 1 aromatic rings.